The Morgan fingerprint density at radius 2 is 1.51 bits per heavy atom. The van der Waals surface area contributed by atoms with Crippen molar-refractivity contribution in [2.45, 2.75) is 131 Å². The molecule has 0 radical (unpaired) electrons. The molecule has 0 aromatic rings. The minimum absolute atomic E-state index is 0.672. The van der Waals surface area contributed by atoms with Crippen molar-refractivity contribution in [1.82, 2.24) is 0 Å². The van der Waals surface area contributed by atoms with Gasteiger partial charge in [0.25, 0.3) is 0 Å². The highest BCUT2D eigenvalue weighted by Crippen LogP contribution is 2.30. The molecule has 0 fully saturated rings. The summed E-state index contributed by atoms with van der Waals surface area (Å²) in [5, 5.41) is 0. The van der Waals surface area contributed by atoms with Crippen LogP contribution in [0.25, 0.3) is 0 Å². The normalized spacial score (nSPS) is 15.7. The first-order valence-electron chi connectivity index (χ1n) is 15.4. The van der Waals surface area contributed by atoms with E-state index in [1.165, 1.54) is 83.5 Å². The van der Waals surface area contributed by atoms with Crippen LogP contribution >= 0.6 is 0 Å². The van der Waals surface area contributed by atoms with Gasteiger partial charge in [0.2, 0.25) is 0 Å². The molecule has 1 heteroatoms. The largest absolute Gasteiger partial charge is 0.398 e. The zero-order chi connectivity index (χ0) is 28.0. The molecule has 0 aromatic heterocycles. The maximum absolute atomic E-state index is 5.61. The molecule has 2 rings (SSSR count). The summed E-state index contributed by atoms with van der Waals surface area (Å²) in [5.74, 6) is 3.90. The summed E-state index contributed by atoms with van der Waals surface area (Å²) in [7, 11) is 0. The Kier molecular flexibility index (Phi) is 30.0. The minimum atomic E-state index is 0.672. The topological polar surface area (TPSA) is 26.0 Å². The van der Waals surface area contributed by atoms with Gasteiger partial charge in [0.1, 0.15) is 0 Å². The van der Waals surface area contributed by atoms with E-state index in [9.17, 15) is 0 Å². The molecule has 37 heavy (non-hydrogen) atoms. The van der Waals surface area contributed by atoms with E-state index in [-0.39, 0.29) is 0 Å². The molecular formula is C36H61N. The van der Waals surface area contributed by atoms with Crippen molar-refractivity contribution in [1.29, 1.82) is 0 Å². The second-order valence-corrected chi connectivity index (χ2v) is 9.68. The quantitative estimate of drug-likeness (QED) is 0.159. The summed E-state index contributed by atoms with van der Waals surface area (Å²) < 4.78 is 0. The molecule has 0 aromatic carbocycles. The second-order valence-electron chi connectivity index (χ2n) is 9.68. The fourth-order valence-corrected chi connectivity index (χ4v) is 3.99. The number of hydrogen-bond donors (Lipinski definition) is 1. The predicted octanol–water partition coefficient (Wildman–Crippen LogP) is 11.4. The molecule has 2 N–H and O–H groups in total. The summed E-state index contributed by atoms with van der Waals surface area (Å²) in [6.45, 7) is 13.0. The maximum Gasteiger partial charge on any atom is 0.0395 e. The van der Waals surface area contributed by atoms with Crippen LogP contribution < -0.4 is 5.73 Å². The molecule has 0 saturated carbocycles. The first-order valence-corrected chi connectivity index (χ1v) is 15.4. The van der Waals surface area contributed by atoms with Gasteiger partial charge in [-0.2, -0.15) is 0 Å². The van der Waals surface area contributed by atoms with Gasteiger partial charge in [-0.15, -0.1) is 6.42 Å². The van der Waals surface area contributed by atoms with Crippen LogP contribution in [0.4, 0.5) is 0 Å². The van der Waals surface area contributed by atoms with Crippen molar-refractivity contribution < 1.29 is 0 Å². The molecule has 0 spiro atoms. The third-order valence-corrected chi connectivity index (χ3v) is 6.55. The van der Waals surface area contributed by atoms with Crippen LogP contribution in [0.1, 0.15) is 131 Å². The minimum Gasteiger partial charge on any atom is -0.398 e. The molecule has 1 nitrogen and oxygen atoms in total. The number of hydrogen-bond acceptors (Lipinski definition) is 1. The lowest BCUT2D eigenvalue weighted by Gasteiger charge is -2.23. The van der Waals surface area contributed by atoms with E-state index in [2.05, 4.69) is 82.2 Å². The smallest absolute Gasteiger partial charge is 0.0395 e. The Labute approximate surface area is 233 Å². The van der Waals surface area contributed by atoms with Crippen LogP contribution in [-0.2, 0) is 0 Å². The zero-order valence-corrected chi connectivity index (χ0v) is 25.5. The Balaban J connectivity index is 0. The SMILES string of the molecule is C#C/C=C(N)\C=C/CCCCCCCCC.CC.CC(C1=CCCC=C1)C1CC=CC=CC1.CCCC. The van der Waals surface area contributed by atoms with Crippen LogP contribution in [0, 0.1) is 24.2 Å². The highest BCUT2D eigenvalue weighted by Gasteiger charge is 2.18. The van der Waals surface area contributed by atoms with Crippen LogP contribution in [-0.4, -0.2) is 0 Å². The lowest BCUT2D eigenvalue weighted by molar-refractivity contribution is 0.417. The van der Waals surface area contributed by atoms with Crippen LogP contribution in [0.15, 0.2) is 72.0 Å². The van der Waals surface area contributed by atoms with Gasteiger partial charge < -0.3 is 5.73 Å². The standard InChI is InChI=1S/C15H25N.C15H20.C4H10.C2H6/c1-3-5-6-7-8-9-10-11-12-14-15(16)13-4-2;1-13(15-11-7-4-8-12-15)14-9-5-2-3-6-10-14;1-3-4-2;1-2/h2,12-14H,3,5-11,16H2,1H3;2-3,5-7,11-14H,4,8-10H2,1H3;3-4H2,1-2H3;1-2H3/b14-12-,15-13+;;;. The van der Waals surface area contributed by atoms with E-state index >= 15 is 0 Å². The van der Waals surface area contributed by atoms with Gasteiger partial charge in [-0.3, -0.25) is 0 Å². The van der Waals surface area contributed by atoms with Crippen LogP contribution in [0.2, 0.25) is 0 Å². The first kappa shape index (κ1) is 37.0. The van der Waals surface area contributed by atoms with E-state index in [0.29, 0.717) is 11.6 Å². The molecule has 0 saturated heterocycles. The molecule has 0 amide bonds. The number of rotatable bonds is 12. The van der Waals surface area contributed by atoms with Gasteiger partial charge in [-0.1, -0.05) is 147 Å². The fraction of sp³-hybridized carbons (Fsp3) is 0.611. The maximum atomic E-state index is 5.61. The van der Waals surface area contributed by atoms with Gasteiger partial charge in [0.05, 0.1) is 0 Å². The summed E-state index contributed by atoms with van der Waals surface area (Å²) in [5.41, 5.74) is 7.83. The lowest BCUT2D eigenvalue weighted by Crippen LogP contribution is -2.12. The third-order valence-electron chi connectivity index (χ3n) is 6.55. The van der Waals surface area contributed by atoms with Gasteiger partial charge in [-0.25, -0.2) is 0 Å². The lowest BCUT2D eigenvalue weighted by atomic mass is 9.81. The number of terminal acetylenes is 1. The average molecular weight is 508 g/mol. The summed E-state index contributed by atoms with van der Waals surface area (Å²) >= 11 is 0. The second kappa shape index (κ2) is 30.0. The summed E-state index contributed by atoms with van der Waals surface area (Å²) in [4.78, 5) is 0. The molecule has 0 aliphatic heterocycles. The van der Waals surface area contributed by atoms with Gasteiger partial charge in [0, 0.05) is 11.8 Å². The predicted molar refractivity (Wildman–Crippen MR) is 171 cm³/mol. The van der Waals surface area contributed by atoms with Gasteiger partial charge >= 0.3 is 0 Å². The van der Waals surface area contributed by atoms with Crippen molar-refractivity contribution in [3.8, 4) is 12.3 Å². The first-order chi connectivity index (χ1) is 18.1. The van der Waals surface area contributed by atoms with E-state index < -0.39 is 0 Å². The van der Waals surface area contributed by atoms with E-state index in [1.54, 1.807) is 11.6 Å². The average Bonchev–Trinajstić information content (AvgIpc) is 3.24. The Bertz CT molecular complexity index is 691. The summed E-state index contributed by atoms with van der Waals surface area (Å²) in [6, 6.07) is 0. The van der Waals surface area contributed by atoms with E-state index in [0.717, 1.165) is 12.3 Å². The van der Waals surface area contributed by atoms with E-state index in [4.69, 9.17) is 12.2 Å². The van der Waals surface area contributed by atoms with Crippen molar-refractivity contribution in [3.63, 3.8) is 0 Å². The molecule has 2 aliphatic rings. The third kappa shape index (κ3) is 23.9. The Morgan fingerprint density at radius 1 is 0.919 bits per heavy atom. The molecule has 2 aliphatic carbocycles. The molecular weight excluding hydrogens is 446 g/mol. The Hall–Kier alpha value is -2.20. The van der Waals surface area contributed by atoms with Crippen LogP contribution in [0.5, 0.6) is 0 Å². The van der Waals surface area contributed by atoms with Crippen LogP contribution in [0.3, 0.4) is 0 Å². The van der Waals surface area contributed by atoms with Crippen molar-refractivity contribution in [2.24, 2.45) is 17.6 Å². The van der Waals surface area contributed by atoms with Crippen molar-refractivity contribution in [2.75, 3.05) is 0 Å². The fourth-order valence-electron chi connectivity index (χ4n) is 3.99. The van der Waals surface area contributed by atoms with Gasteiger partial charge in [0.15, 0.2) is 0 Å². The molecule has 1 unspecified atom stereocenters. The van der Waals surface area contributed by atoms with Crippen molar-refractivity contribution in [3.05, 3.63) is 72.0 Å². The monoisotopic (exact) mass is 507 g/mol. The Morgan fingerprint density at radius 3 is 2.03 bits per heavy atom. The number of unbranched alkanes of at least 4 members (excludes halogenated alkanes) is 8. The number of nitrogens with two attached hydrogens (primary N) is 1. The van der Waals surface area contributed by atoms with Gasteiger partial charge in [-0.05, 0) is 62.0 Å². The molecule has 1 atom stereocenters. The van der Waals surface area contributed by atoms with E-state index in [1.807, 2.05) is 19.9 Å². The molecule has 0 heterocycles. The molecule has 210 valence electrons. The molecule has 0 bridgehead atoms. The van der Waals surface area contributed by atoms with Crippen molar-refractivity contribution >= 4 is 0 Å². The summed E-state index contributed by atoms with van der Waals surface area (Å²) in [6.07, 6.45) is 44.8. The highest BCUT2D eigenvalue weighted by molar-refractivity contribution is 5.26. The zero-order valence-electron chi connectivity index (χ0n) is 25.5. The highest BCUT2D eigenvalue weighted by atomic mass is 14.5. The number of allylic oxidation sites excluding steroid dienone is 11.